The first-order chi connectivity index (χ1) is 12.9. The molecule has 5 atom stereocenters. The highest BCUT2D eigenvalue weighted by Crippen LogP contribution is 2.48. The SMILES string of the molecule is C=CCN1C(=O)C2=C(C(=O)C3CC(Cl)C(C)CC3O2)C1c1cccc(O)c1. The van der Waals surface area contributed by atoms with Crippen LogP contribution in [0.3, 0.4) is 0 Å². The van der Waals surface area contributed by atoms with Crippen molar-refractivity contribution < 1.29 is 19.4 Å². The molecule has 27 heavy (non-hydrogen) atoms. The highest BCUT2D eigenvalue weighted by Gasteiger charge is 2.53. The summed E-state index contributed by atoms with van der Waals surface area (Å²) in [6.07, 6.45) is 2.53. The molecular formula is C21H22ClNO4. The van der Waals surface area contributed by atoms with Crippen LogP contribution in [0.2, 0.25) is 0 Å². The second-order valence-corrected chi connectivity index (χ2v) is 8.14. The molecule has 1 fully saturated rings. The lowest BCUT2D eigenvalue weighted by molar-refractivity contribution is -0.135. The Hall–Kier alpha value is -2.27. The van der Waals surface area contributed by atoms with Gasteiger partial charge >= 0.3 is 0 Å². The Balaban J connectivity index is 1.79. The number of halogens is 1. The molecule has 1 aliphatic carbocycles. The number of alkyl halides is 1. The number of Topliss-reactive ketones (excluding diaryl/α,β-unsaturated/α-hetero) is 1. The van der Waals surface area contributed by atoms with Crippen molar-refractivity contribution in [3.8, 4) is 5.75 Å². The number of carbonyl (C=O) groups excluding carboxylic acids is 2. The maximum atomic E-state index is 13.4. The third-order valence-electron chi connectivity index (χ3n) is 5.82. The predicted molar refractivity (Wildman–Crippen MR) is 101 cm³/mol. The fourth-order valence-electron chi connectivity index (χ4n) is 4.43. The van der Waals surface area contributed by atoms with Gasteiger partial charge in [-0.05, 0) is 36.5 Å². The number of phenols is 1. The molecule has 1 aromatic carbocycles. The predicted octanol–water partition coefficient (Wildman–Crippen LogP) is 3.34. The van der Waals surface area contributed by atoms with E-state index < -0.39 is 6.04 Å². The van der Waals surface area contributed by atoms with E-state index in [9.17, 15) is 14.7 Å². The lowest BCUT2D eigenvalue weighted by atomic mass is 9.74. The van der Waals surface area contributed by atoms with Crippen LogP contribution in [0.4, 0.5) is 0 Å². The molecule has 1 N–H and O–H groups in total. The van der Waals surface area contributed by atoms with Crippen LogP contribution in [0.1, 0.15) is 31.4 Å². The molecule has 0 aromatic heterocycles. The number of ether oxygens (including phenoxy) is 1. The standard InChI is InChI=1S/C21H22ClNO4/c1-3-7-23-18(12-5-4-6-13(24)9-12)17-19(25)14-10-15(22)11(2)8-16(14)27-20(17)21(23)26/h3-6,9,11,14-16,18,24H,1,7-8,10H2,2H3. The monoisotopic (exact) mass is 387 g/mol. The molecule has 1 amide bonds. The molecule has 0 spiro atoms. The van der Waals surface area contributed by atoms with Gasteiger partial charge in [0.05, 0.1) is 17.5 Å². The van der Waals surface area contributed by atoms with Gasteiger partial charge < -0.3 is 14.7 Å². The number of ketones is 1. The zero-order chi connectivity index (χ0) is 19.3. The van der Waals surface area contributed by atoms with Gasteiger partial charge in [-0.3, -0.25) is 9.59 Å². The lowest BCUT2D eigenvalue weighted by Gasteiger charge is -2.39. The number of hydrogen-bond donors (Lipinski definition) is 1. The van der Waals surface area contributed by atoms with E-state index in [4.69, 9.17) is 16.3 Å². The van der Waals surface area contributed by atoms with E-state index in [-0.39, 0.29) is 53.1 Å². The summed E-state index contributed by atoms with van der Waals surface area (Å²) < 4.78 is 6.09. The highest BCUT2D eigenvalue weighted by molar-refractivity contribution is 6.21. The molecule has 2 heterocycles. The number of hydrogen-bond acceptors (Lipinski definition) is 4. The molecule has 5 unspecified atom stereocenters. The summed E-state index contributed by atoms with van der Waals surface area (Å²) in [6, 6.07) is 6.06. The Bertz CT molecular complexity index is 848. The van der Waals surface area contributed by atoms with Crippen molar-refractivity contribution in [2.75, 3.05) is 6.54 Å². The largest absolute Gasteiger partial charge is 0.508 e. The van der Waals surface area contributed by atoms with Gasteiger partial charge in [0.2, 0.25) is 0 Å². The third kappa shape index (κ3) is 2.85. The first-order valence-corrected chi connectivity index (χ1v) is 9.66. The van der Waals surface area contributed by atoms with Gasteiger partial charge in [0.25, 0.3) is 5.91 Å². The lowest BCUT2D eigenvalue weighted by Crippen LogP contribution is -2.44. The topological polar surface area (TPSA) is 66.8 Å². The smallest absolute Gasteiger partial charge is 0.290 e. The van der Waals surface area contributed by atoms with Crippen molar-refractivity contribution >= 4 is 23.3 Å². The van der Waals surface area contributed by atoms with Crippen molar-refractivity contribution in [2.24, 2.45) is 11.8 Å². The molecule has 1 aromatic rings. The number of rotatable bonds is 3. The van der Waals surface area contributed by atoms with Gasteiger partial charge in [-0.15, -0.1) is 18.2 Å². The summed E-state index contributed by atoms with van der Waals surface area (Å²) in [6.45, 7) is 6.06. The molecule has 6 heteroatoms. The normalized spacial score (nSPS) is 32.8. The van der Waals surface area contributed by atoms with E-state index in [0.717, 1.165) is 0 Å². The van der Waals surface area contributed by atoms with E-state index in [1.54, 1.807) is 35.2 Å². The molecule has 3 aliphatic rings. The van der Waals surface area contributed by atoms with Gasteiger partial charge in [-0.1, -0.05) is 25.1 Å². The molecule has 1 saturated carbocycles. The number of fused-ring (bicyclic) bond motifs is 1. The van der Waals surface area contributed by atoms with Gasteiger partial charge in [0.15, 0.2) is 11.5 Å². The van der Waals surface area contributed by atoms with Crippen LogP contribution in [-0.4, -0.2) is 39.7 Å². The summed E-state index contributed by atoms with van der Waals surface area (Å²) in [5.74, 6) is -0.236. The molecule has 5 nitrogen and oxygen atoms in total. The Morgan fingerprint density at radius 2 is 2.15 bits per heavy atom. The summed E-state index contributed by atoms with van der Waals surface area (Å²) >= 11 is 6.43. The second-order valence-electron chi connectivity index (χ2n) is 7.58. The summed E-state index contributed by atoms with van der Waals surface area (Å²) in [5, 5.41) is 9.81. The van der Waals surface area contributed by atoms with E-state index in [1.165, 1.54) is 0 Å². The number of amides is 1. The Kier molecular flexibility index (Phi) is 4.50. The van der Waals surface area contributed by atoms with Gasteiger partial charge in [0.1, 0.15) is 11.9 Å². The van der Waals surface area contributed by atoms with Crippen molar-refractivity contribution in [1.82, 2.24) is 4.90 Å². The Labute approximate surface area is 163 Å². The molecular weight excluding hydrogens is 366 g/mol. The van der Waals surface area contributed by atoms with E-state index in [2.05, 4.69) is 6.58 Å². The molecule has 4 rings (SSSR count). The van der Waals surface area contributed by atoms with Crippen LogP contribution in [0.25, 0.3) is 0 Å². The van der Waals surface area contributed by atoms with Crippen molar-refractivity contribution in [3.63, 3.8) is 0 Å². The first-order valence-electron chi connectivity index (χ1n) is 9.22. The van der Waals surface area contributed by atoms with Crippen molar-refractivity contribution in [2.45, 2.75) is 37.3 Å². The minimum atomic E-state index is -0.584. The summed E-state index contributed by atoms with van der Waals surface area (Å²) in [4.78, 5) is 28.0. The minimum absolute atomic E-state index is 0.0629. The Morgan fingerprint density at radius 3 is 2.85 bits per heavy atom. The summed E-state index contributed by atoms with van der Waals surface area (Å²) in [5.41, 5.74) is 1.06. The third-order valence-corrected chi connectivity index (χ3v) is 6.43. The van der Waals surface area contributed by atoms with Gasteiger partial charge in [-0.25, -0.2) is 0 Å². The zero-order valence-corrected chi connectivity index (χ0v) is 15.9. The summed E-state index contributed by atoms with van der Waals surface area (Å²) in [7, 11) is 0. The molecule has 142 valence electrons. The first kappa shape index (κ1) is 18.1. The highest BCUT2D eigenvalue weighted by atomic mass is 35.5. The van der Waals surface area contributed by atoms with Gasteiger partial charge in [-0.2, -0.15) is 0 Å². The van der Waals surface area contributed by atoms with Crippen molar-refractivity contribution in [1.29, 1.82) is 0 Å². The van der Waals surface area contributed by atoms with Crippen LogP contribution in [0, 0.1) is 11.8 Å². The molecule has 0 radical (unpaired) electrons. The molecule has 0 bridgehead atoms. The average molecular weight is 388 g/mol. The fraction of sp³-hybridized carbons (Fsp3) is 0.429. The fourth-order valence-corrected chi connectivity index (χ4v) is 4.73. The number of carbonyl (C=O) groups is 2. The number of nitrogens with zero attached hydrogens (tertiary/aromatic N) is 1. The van der Waals surface area contributed by atoms with Crippen LogP contribution >= 0.6 is 11.6 Å². The van der Waals surface area contributed by atoms with E-state index in [0.29, 0.717) is 24.0 Å². The number of aromatic hydroxyl groups is 1. The van der Waals surface area contributed by atoms with Crippen LogP contribution < -0.4 is 0 Å². The maximum absolute atomic E-state index is 13.4. The number of benzene rings is 1. The second kappa shape index (κ2) is 6.71. The number of phenolic OH excluding ortho intramolecular Hbond substituents is 1. The van der Waals surface area contributed by atoms with Crippen molar-refractivity contribution in [3.05, 3.63) is 53.8 Å². The van der Waals surface area contributed by atoms with E-state index in [1.807, 2.05) is 6.92 Å². The molecule has 0 saturated heterocycles. The minimum Gasteiger partial charge on any atom is -0.508 e. The van der Waals surface area contributed by atoms with Gasteiger partial charge in [0, 0.05) is 11.9 Å². The molecule has 2 aliphatic heterocycles. The maximum Gasteiger partial charge on any atom is 0.290 e. The Morgan fingerprint density at radius 1 is 1.37 bits per heavy atom. The van der Waals surface area contributed by atoms with Crippen LogP contribution in [-0.2, 0) is 14.3 Å². The zero-order valence-electron chi connectivity index (χ0n) is 15.1. The van der Waals surface area contributed by atoms with Crippen LogP contribution in [0.5, 0.6) is 5.75 Å². The van der Waals surface area contributed by atoms with Crippen LogP contribution in [0.15, 0.2) is 48.3 Å². The quantitative estimate of drug-likeness (QED) is 0.638. The average Bonchev–Trinajstić information content (AvgIpc) is 2.90. The van der Waals surface area contributed by atoms with E-state index >= 15 is 0 Å².